The van der Waals surface area contributed by atoms with Gasteiger partial charge in [-0.05, 0) is 44.6 Å². The normalized spacial score (nSPS) is 38.0. The second-order valence-electron chi connectivity index (χ2n) is 7.10. The van der Waals surface area contributed by atoms with Gasteiger partial charge in [-0.3, -0.25) is 0 Å². The van der Waals surface area contributed by atoms with Gasteiger partial charge in [0.2, 0.25) is 0 Å². The summed E-state index contributed by atoms with van der Waals surface area (Å²) in [5.41, 5.74) is 0.117. The summed E-state index contributed by atoms with van der Waals surface area (Å²) in [7, 11) is -3.14. The summed E-state index contributed by atoms with van der Waals surface area (Å²) in [6, 6.07) is 0.103. The third kappa shape index (κ3) is 3.20. The number of rotatable bonds is 4. The molecule has 2 aliphatic rings. The van der Waals surface area contributed by atoms with E-state index >= 15 is 0 Å². The fraction of sp³-hybridized carbons (Fsp3) is 1.00. The van der Waals surface area contributed by atoms with Gasteiger partial charge in [-0.2, -0.15) is 0 Å². The molecule has 0 aromatic rings. The summed E-state index contributed by atoms with van der Waals surface area (Å²) < 4.78 is 31.6. The van der Waals surface area contributed by atoms with Gasteiger partial charge in [0.25, 0.3) is 0 Å². The van der Waals surface area contributed by atoms with Crippen molar-refractivity contribution in [2.75, 3.05) is 13.2 Å². The van der Waals surface area contributed by atoms with E-state index in [4.69, 9.17) is 4.74 Å². The number of hydrogen-bond donors (Lipinski definition) is 1. The van der Waals surface area contributed by atoms with Crippen molar-refractivity contribution in [2.45, 2.75) is 76.0 Å². The lowest BCUT2D eigenvalue weighted by molar-refractivity contribution is 0.125. The van der Waals surface area contributed by atoms with E-state index in [2.05, 4.69) is 19.2 Å². The number of sulfone groups is 1. The van der Waals surface area contributed by atoms with E-state index in [9.17, 15) is 8.42 Å². The average molecular weight is 303 g/mol. The van der Waals surface area contributed by atoms with Gasteiger partial charge < -0.3 is 10.1 Å². The van der Waals surface area contributed by atoms with Crippen molar-refractivity contribution in [3.05, 3.63) is 0 Å². The van der Waals surface area contributed by atoms with E-state index in [-0.39, 0.29) is 28.1 Å². The van der Waals surface area contributed by atoms with E-state index in [1.807, 2.05) is 13.8 Å². The molecule has 20 heavy (non-hydrogen) atoms. The maximum atomic E-state index is 13.1. The van der Waals surface area contributed by atoms with Crippen molar-refractivity contribution in [2.24, 2.45) is 5.41 Å². The maximum Gasteiger partial charge on any atom is 0.160 e. The first-order valence-corrected chi connectivity index (χ1v) is 9.46. The van der Waals surface area contributed by atoms with E-state index in [0.717, 1.165) is 25.8 Å². The lowest BCUT2D eigenvalue weighted by atomic mass is 9.75. The molecule has 0 aromatic heterocycles. The molecule has 1 heterocycles. The highest BCUT2D eigenvalue weighted by atomic mass is 32.2. The molecule has 4 atom stereocenters. The summed E-state index contributed by atoms with van der Waals surface area (Å²) in [4.78, 5) is 0. The summed E-state index contributed by atoms with van der Waals surface area (Å²) >= 11 is 0. The minimum Gasteiger partial charge on any atom is -0.377 e. The first-order chi connectivity index (χ1) is 9.28. The third-order valence-electron chi connectivity index (χ3n) is 4.95. The van der Waals surface area contributed by atoms with Crippen LogP contribution in [0, 0.1) is 5.41 Å². The van der Waals surface area contributed by atoms with Crippen molar-refractivity contribution in [1.29, 1.82) is 0 Å². The minimum absolute atomic E-state index is 0.103. The van der Waals surface area contributed by atoms with Gasteiger partial charge in [0.05, 0.1) is 16.6 Å². The van der Waals surface area contributed by atoms with Gasteiger partial charge in [0.1, 0.15) is 0 Å². The fourth-order valence-corrected chi connectivity index (χ4v) is 6.59. The molecular weight excluding hydrogens is 274 g/mol. The molecule has 5 heteroatoms. The smallest absolute Gasteiger partial charge is 0.160 e. The van der Waals surface area contributed by atoms with Crippen LogP contribution in [0.25, 0.3) is 0 Å². The van der Waals surface area contributed by atoms with Crippen LogP contribution in [-0.2, 0) is 14.6 Å². The van der Waals surface area contributed by atoms with Gasteiger partial charge in [-0.25, -0.2) is 8.42 Å². The molecule has 0 aromatic carbocycles. The first-order valence-electron chi connectivity index (χ1n) is 7.85. The van der Waals surface area contributed by atoms with Crippen LogP contribution < -0.4 is 5.32 Å². The number of hydrogen-bond acceptors (Lipinski definition) is 4. The highest BCUT2D eigenvalue weighted by Gasteiger charge is 2.47. The number of nitrogens with one attached hydrogen (secondary N) is 1. The Labute approximate surface area is 123 Å². The zero-order chi connectivity index (χ0) is 15.0. The minimum atomic E-state index is -3.14. The molecule has 4 unspecified atom stereocenters. The molecule has 0 radical (unpaired) electrons. The topological polar surface area (TPSA) is 55.4 Å². The molecule has 0 amide bonds. The zero-order valence-corrected chi connectivity index (χ0v) is 14.0. The van der Waals surface area contributed by atoms with Crippen LogP contribution in [0.15, 0.2) is 0 Å². The van der Waals surface area contributed by atoms with Crippen LogP contribution in [0.4, 0.5) is 0 Å². The SMILES string of the molecule is CCNC1CCC(C)(C)CC1S(=O)(=O)C1CCOC1C. The zero-order valence-electron chi connectivity index (χ0n) is 13.2. The molecule has 2 fully saturated rings. The second kappa shape index (κ2) is 5.93. The van der Waals surface area contributed by atoms with Crippen molar-refractivity contribution < 1.29 is 13.2 Å². The largest absolute Gasteiger partial charge is 0.377 e. The van der Waals surface area contributed by atoms with E-state index < -0.39 is 9.84 Å². The van der Waals surface area contributed by atoms with Crippen molar-refractivity contribution >= 4 is 9.84 Å². The second-order valence-corrected chi connectivity index (χ2v) is 9.49. The molecule has 0 spiro atoms. The molecule has 1 saturated heterocycles. The maximum absolute atomic E-state index is 13.1. The van der Waals surface area contributed by atoms with Crippen molar-refractivity contribution in [1.82, 2.24) is 5.32 Å². The third-order valence-corrected chi connectivity index (χ3v) is 7.75. The van der Waals surface area contributed by atoms with Crippen molar-refractivity contribution in [3.8, 4) is 0 Å². The van der Waals surface area contributed by atoms with Gasteiger partial charge in [0.15, 0.2) is 9.84 Å². The first kappa shape index (κ1) is 16.2. The Balaban J connectivity index is 2.24. The predicted molar refractivity (Wildman–Crippen MR) is 81.6 cm³/mol. The van der Waals surface area contributed by atoms with Gasteiger partial charge >= 0.3 is 0 Å². The summed E-state index contributed by atoms with van der Waals surface area (Å²) in [6.45, 7) is 9.72. The van der Waals surface area contributed by atoms with Gasteiger partial charge in [-0.1, -0.05) is 20.8 Å². The van der Waals surface area contributed by atoms with Crippen LogP contribution >= 0.6 is 0 Å². The highest BCUT2D eigenvalue weighted by Crippen LogP contribution is 2.40. The summed E-state index contributed by atoms with van der Waals surface area (Å²) in [5.74, 6) is 0. The molecule has 0 bridgehead atoms. The van der Waals surface area contributed by atoms with Crippen LogP contribution in [0.5, 0.6) is 0 Å². The van der Waals surface area contributed by atoms with Gasteiger partial charge in [-0.15, -0.1) is 0 Å². The van der Waals surface area contributed by atoms with Crippen LogP contribution in [0.1, 0.15) is 53.4 Å². The highest BCUT2D eigenvalue weighted by molar-refractivity contribution is 7.92. The Hall–Kier alpha value is -0.130. The summed E-state index contributed by atoms with van der Waals surface area (Å²) in [5, 5.41) is 2.82. The van der Waals surface area contributed by atoms with Gasteiger partial charge in [0, 0.05) is 12.6 Å². The predicted octanol–water partition coefficient (Wildman–Crippen LogP) is 2.14. The average Bonchev–Trinajstić information content (AvgIpc) is 2.78. The molecule has 1 aliphatic carbocycles. The van der Waals surface area contributed by atoms with E-state index in [1.165, 1.54) is 0 Å². The van der Waals surface area contributed by atoms with E-state index in [1.54, 1.807) is 0 Å². The lowest BCUT2D eigenvalue weighted by Gasteiger charge is -2.41. The van der Waals surface area contributed by atoms with Crippen LogP contribution in [0.3, 0.4) is 0 Å². The van der Waals surface area contributed by atoms with Crippen LogP contribution in [-0.4, -0.2) is 44.2 Å². The summed E-state index contributed by atoms with van der Waals surface area (Å²) in [6.07, 6.45) is 3.29. The Bertz CT molecular complexity index is 432. The Morgan fingerprint density at radius 1 is 1.25 bits per heavy atom. The number of ether oxygens (including phenoxy) is 1. The monoisotopic (exact) mass is 303 g/mol. The lowest BCUT2D eigenvalue weighted by Crippen LogP contribution is -2.53. The Morgan fingerprint density at radius 2 is 1.95 bits per heavy atom. The molecule has 1 N–H and O–H groups in total. The Morgan fingerprint density at radius 3 is 2.50 bits per heavy atom. The van der Waals surface area contributed by atoms with Crippen molar-refractivity contribution in [3.63, 3.8) is 0 Å². The Kier molecular flexibility index (Phi) is 4.82. The quantitative estimate of drug-likeness (QED) is 0.864. The standard InChI is InChI=1S/C15H29NO3S/c1-5-16-12-6-8-15(3,4)10-14(12)20(17,18)13-7-9-19-11(13)2/h11-14,16H,5-10H2,1-4H3. The molecule has 1 aliphatic heterocycles. The molecular formula is C15H29NO3S. The van der Waals surface area contributed by atoms with E-state index in [0.29, 0.717) is 13.0 Å². The molecule has 4 nitrogen and oxygen atoms in total. The molecule has 2 rings (SSSR count). The fourth-order valence-electron chi connectivity index (χ4n) is 3.73. The van der Waals surface area contributed by atoms with Crippen LogP contribution in [0.2, 0.25) is 0 Å². The molecule has 1 saturated carbocycles. The molecule has 118 valence electrons.